The van der Waals surface area contributed by atoms with Crippen molar-refractivity contribution < 1.29 is 19.7 Å². The van der Waals surface area contributed by atoms with Gasteiger partial charge in [0.15, 0.2) is 0 Å². The Bertz CT molecular complexity index is 688. The molecule has 22 heavy (non-hydrogen) atoms. The van der Waals surface area contributed by atoms with Gasteiger partial charge in [-0.1, -0.05) is 18.2 Å². The number of rotatable bonds is 6. The van der Waals surface area contributed by atoms with E-state index in [9.17, 15) is 9.90 Å². The highest BCUT2D eigenvalue weighted by Crippen LogP contribution is 2.27. The molecule has 0 amide bonds. The Morgan fingerprint density at radius 1 is 1.32 bits per heavy atom. The molecule has 7 nitrogen and oxygen atoms in total. The molecule has 4 N–H and O–H groups in total. The second-order valence-corrected chi connectivity index (χ2v) is 4.71. The third-order valence-electron chi connectivity index (χ3n) is 3.22. The number of methoxy groups -OCH3 is 1. The number of aromatic hydroxyl groups is 1. The van der Waals surface area contributed by atoms with Crippen LogP contribution in [0.4, 0.5) is 5.95 Å². The fourth-order valence-corrected chi connectivity index (χ4v) is 2.19. The quantitative estimate of drug-likeness (QED) is 0.737. The summed E-state index contributed by atoms with van der Waals surface area (Å²) in [5, 5.41) is 18.9. The van der Waals surface area contributed by atoms with Gasteiger partial charge in [-0.15, -0.1) is 0 Å². The molecule has 0 unspecified atom stereocenters. The van der Waals surface area contributed by atoms with E-state index in [0.29, 0.717) is 23.4 Å². The van der Waals surface area contributed by atoms with Crippen LogP contribution in [-0.2, 0) is 17.6 Å². The van der Waals surface area contributed by atoms with E-state index in [2.05, 4.69) is 9.97 Å². The molecule has 0 fully saturated rings. The average molecular weight is 303 g/mol. The zero-order valence-electron chi connectivity index (χ0n) is 12.1. The first-order chi connectivity index (χ1) is 10.5. The molecule has 7 heteroatoms. The Morgan fingerprint density at radius 2 is 2.05 bits per heavy atom. The van der Waals surface area contributed by atoms with Gasteiger partial charge in [-0.25, -0.2) is 4.98 Å². The lowest BCUT2D eigenvalue weighted by molar-refractivity contribution is -0.136. The molecule has 0 aliphatic heterocycles. The van der Waals surface area contributed by atoms with Crippen LogP contribution < -0.4 is 10.5 Å². The molecule has 0 saturated heterocycles. The molecule has 2 rings (SSSR count). The van der Waals surface area contributed by atoms with Crippen molar-refractivity contribution in [3.63, 3.8) is 0 Å². The maximum Gasteiger partial charge on any atom is 0.303 e. The molecule has 116 valence electrons. The maximum absolute atomic E-state index is 10.8. The number of nitrogens with zero attached hydrogens (tertiary/aromatic N) is 2. The Hall–Kier alpha value is -2.83. The standard InChI is InChI=1S/C15H17N3O4/c1-22-12-5-3-2-4-9(12)8-10-11(6-7-13(19)20)17-15(16)18-14(10)21/h2-5H,6-8H2,1H3,(H,19,20)(H3,16,17,18,21). The summed E-state index contributed by atoms with van der Waals surface area (Å²) in [7, 11) is 1.56. The number of nitrogens with two attached hydrogens (primary N) is 1. The number of anilines is 1. The highest BCUT2D eigenvalue weighted by molar-refractivity contribution is 5.67. The van der Waals surface area contributed by atoms with Crippen molar-refractivity contribution in [3.8, 4) is 11.6 Å². The number of hydrogen-bond donors (Lipinski definition) is 3. The SMILES string of the molecule is COc1ccccc1Cc1c(O)nc(N)nc1CCC(=O)O. The highest BCUT2D eigenvalue weighted by atomic mass is 16.5. The molecule has 0 saturated carbocycles. The summed E-state index contributed by atoms with van der Waals surface area (Å²) >= 11 is 0. The summed E-state index contributed by atoms with van der Waals surface area (Å²) in [5.74, 6) is -0.594. The van der Waals surface area contributed by atoms with E-state index in [1.54, 1.807) is 7.11 Å². The molecular formula is C15H17N3O4. The Morgan fingerprint density at radius 3 is 2.73 bits per heavy atom. The molecular weight excluding hydrogens is 286 g/mol. The number of para-hydroxylation sites is 1. The van der Waals surface area contributed by atoms with Gasteiger partial charge < -0.3 is 20.7 Å². The summed E-state index contributed by atoms with van der Waals surface area (Å²) in [6.45, 7) is 0. The molecule has 0 aliphatic carbocycles. The van der Waals surface area contributed by atoms with Gasteiger partial charge in [-0.2, -0.15) is 4.98 Å². The predicted octanol–water partition coefficient (Wildman–Crippen LogP) is 1.38. The molecule has 1 heterocycles. The summed E-state index contributed by atoms with van der Waals surface area (Å²) in [5.41, 5.74) is 7.26. The number of aromatic nitrogens is 2. The molecule has 0 aliphatic rings. The van der Waals surface area contributed by atoms with E-state index in [1.165, 1.54) is 0 Å². The van der Waals surface area contributed by atoms with Gasteiger partial charge in [-0.3, -0.25) is 4.79 Å². The number of aryl methyl sites for hydroxylation is 1. The van der Waals surface area contributed by atoms with Crippen molar-refractivity contribution in [2.75, 3.05) is 12.8 Å². The van der Waals surface area contributed by atoms with E-state index >= 15 is 0 Å². The summed E-state index contributed by atoms with van der Waals surface area (Å²) in [6.07, 6.45) is 0.389. The van der Waals surface area contributed by atoms with Crippen LogP contribution in [0.3, 0.4) is 0 Å². The molecule has 0 radical (unpaired) electrons. The lowest BCUT2D eigenvalue weighted by atomic mass is 10.0. The average Bonchev–Trinajstić information content (AvgIpc) is 2.48. The number of aliphatic carboxylic acids is 1. The lowest BCUT2D eigenvalue weighted by Crippen LogP contribution is -2.08. The number of benzene rings is 1. The van der Waals surface area contributed by atoms with Crippen LogP contribution in [-0.4, -0.2) is 33.3 Å². The van der Waals surface area contributed by atoms with Crippen LogP contribution in [0.5, 0.6) is 11.6 Å². The van der Waals surface area contributed by atoms with Crippen molar-refractivity contribution in [3.05, 3.63) is 41.1 Å². The van der Waals surface area contributed by atoms with Gasteiger partial charge in [0, 0.05) is 18.4 Å². The fourth-order valence-electron chi connectivity index (χ4n) is 2.19. The Balaban J connectivity index is 2.38. The number of carboxylic acid groups (broad SMARTS) is 1. The van der Waals surface area contributed by atoms with Gasteiger partial charge >= 0.3 is 5.97 Å². The fraction of sp³-hybridized carbons (Fsp3) is 0.267. The summed E-state index contributed by atoms with van der Waals surface area (Å²) < 4.78 is 5.28. The third kappa shape index (κ3) is 3.63. The van der Waals surface area contributed by atoms with Gasteiger partial charge in [0.2, 0.25) is 11.8 Å². The minimum Gasteiger partial charge on any atom is -0.496 e. The van der Waals surface area contributed by atoms with Gasteiger partial charge in [0.25, 0.3) is 0 Å². The van der Waals surface area contributed by atoms with Crippen LogP contribution in [0.1, 0.15) is 23.2 Å². The van der Waals surface area contributed by atoms with E-state index in [0.717, 1.165) is 5.56 Å². The van der Waals surface area contributed by atoms with Crippen molar-refractivity contribution in [2.24, 2.45) is 0 Å². The van der Waals surface area contributed by atoms with E-state index in [1.807, 2.05) is 24.3 Å². The number of ether oxygens (including phenoxy) is 1. The number of carboxylic acids is 1. The first kappa shape index (κ1) is 15.6. The predicted molar refractivity (Wildman–Crippen MR) is 79.9 cm³/mol. The van der Waals surface area contributed by atoms with E-state index < -0.39 is 5.97 Å². The lowest BCUT2D eigenvalue weighted by Gasteiger charge is -2.12. The summed E-state index contributed by atoms with van der Waals surface area (Å²) in [6, 6.07) is 7.36. The van der Waals surface area contributed by atoms with Crippen molar-refractivity contribution in [1.29, 1.82) is 0 Å². The van der Waals surface area contributed by atoms with Crippen molar-refractivity contribution >= 4 is 11.9 Å². The molecule has 2 aromatic rings. The molecule has 0 spiro atoms. The molecule has 0 bridgehead atoms. The van der Waals surface area contributed by atoms with Gasteiger partial charge in [0.1, 0.15) is 5.75 Å². The van der Waals surface area contributed by atoms with Crippen LogP contribution in [0, 0.1) is 0 Å². The van der Waals surface area contributed by atoms with Crippen LogP contribution in [0.2, 0.25) is 0 Å². The normalized spacial score (nSPS) is 10.4. The molecule has 0 atom stereocenters. The highest BCUT2D eigenvalue weighted by Gasteiger charge is 2.16. The number of nitrogen functional groups attached to an aromatic ring is 1. The summed E-state index contributed by atoms with van der Waals surface area (Å²) in [4.78, 5) is 18.6. The molecule has 1 aromatic heterocycles. The van der Waals surface area contributed by atoms with Gasteiger partial charge in [-0.05, 0) is 11.6 Å². The van der Waals surface area contributed by atoms with Crippen molar-refractivity contribution in [2.45, 2.75) is 19.3 Å². The van der Waals surface area contributed by atoms with Gasteiger partial charge in [0.05, 0.1) is 19.2 Å². The Kier molecular flexibility index (Phi) is 4.77. The topological polar surface area (TPSA) is 119 Å². The monoisotopic (exact) mass is 303 g/mol. The van der Waals surface area contributed by atoms with E-state index in [-0.39, 0.29) is 24.7 Å². The third-order valence-corrected chi connectivity index (χ3v) is 3.22. The zero-order chi connectivity index (χ0) is 16.1. The largest absolute Gasteiger partial charge is 0.496 e. The first-order valence-electron chi connectivity index (χ1n) is 6.69. The molecule has 1 aromatic carbocycles. The first-order valence-corrected chi connectivity index (χ1v) is 6.69. The second-order valence-electron chi connectivity index (χ2n) is 4.71. The minimum absolute atomic E-state index is 0.0818. The zero-order valence-corrected chi connectivity index (χ0v) is 12.1. The number of carbonyl (C=O) groups is 1. The Labute approximate surface area is 127 Å². The minimum atomic E-state index is -0.945. The van der Waals surface area contributed by atoms with Crippen LogP contribution >= 0.6 is 0 Å². The maximum atomic E-state index is 10.8. The van der Waals surface area contributed by atoms with Crippen LogP contribution in [0.25, 0.3) is 0 Å². The second kappa shape index (κ2) is 6.75. The number of hydrogen-bond acceptors (Lipinski definition) is 6. The van der Waals surface area contributed by atoms with E-state index in [4.69, 9.17) is 15.6 Å². The smallest absolute Gasteiger partial charge is 0.303 e. The van der Waals surface area contributed by atoms with Crippen molar-refractivity contribution in [1.82, 2.24) is 9.97 Å². The van der Waals surface area contributed by atoms with Crippen LogP contribution in [0.15, 0.2) is 24.3 Å².